The van der Waals surface area contributed by atoms with Crippen LogP contribution in [0.2, 0.25) is 0 Å². The van der Waals surface area contributed by atoms with E-state index in [-0.39, 0.29) is 5.91 Å². The minimum atomic E-state index is -0.502. The number of hydrogen-bond donors (Lipinski definition) is 1. The predicted octanol–water partition coefficient (Wildman–Crippen LogP) is 2.20. The maximum Gasteiger partial charge on any atom is 0.313 e. The molecule has 1 aliphatic carbocycles. The number of carbonyl (C=O) groups excluding carboxylic acids is 2. The zero-order valence-electron chi connectivity index (χ0n) is 14.8. The third kappa shape index (κ3) is 3.56. The molecule has 0 saturated carbocycles. The van der Waals surface area contributed by atoms with Gasteiger partial charge in [-0.3, -0.25) is 9.59 Å². The van der Waals surface area contributed by atoms with Gasteiger partial charge in [0.25, 0.3) is 0 Å². The van der Waals surface area contributed by atoms with Crippen LogP contribution in [0.5, 0.6) is 0 Å². The third-order valence-electron chi connectivity index (χ3n) is 5.96. The van der Waals surface area contributed by atoms with Crippen molar-refractivity contribution < 1.29 is 9.59 Å². The molecule has 2 fully saturated rings. The van der Waals surface area contributed by atoms with Gasteiger partial charge in [0.15, 0.2) is 0 Å². The summed E-state index contributed by atoms with van der Waals surface area (Å²) in [6.45, 7) is 3.77. The summed E-state index contributed by atoms with van der Waals surface area (Å²) in [6, 6.07) is 6.60. The summed E-state index contributed by atoms with van der Waals surface area (Å²) in [5.41, 5.74) is 3.41. The summed E-state index contributed by atoms with van der Waals surface area (Å²) in [4.78, 5) is 29.1. The molecule has 0 aromatic heterocycles. The van der Waals surface area contributed by atoms with Gasteiger partial charge in [-0.25, -0.2) is 0 Å². The molecule has 1 aromatic rings. The van der Waals surface area contributed by atoms with E-state index in [1.54, 1.807) is 4.90 Å². The average molecular weight is 341 g/mol. The number of hydrogen-bond acceptors (Lipinski definition) is 3. The lowest BCUT2D eigenvalue weighted by Crippen LogP contribution is -2.48. The Bertz CT molecular complexity index is 659. The summed E-state index contributed by atoms with van der Waals surface area (Å²) in [6.07, 6.45) is 7.92. The minimum Gasteiger partial charge on any atom is -0.334 e. The Morgan fingerprint density at radius 1 is 0.920 bits per heavy atom. The monoisotopic (exact) mass is 341 g/mol. The van der Waals surface area contributed by atoms with Gasteiger partial charge in [0, 0.05) is 24.8 Å². The number of fused-ring (bicyclic) bond motifs is 1. The molecular formula is C20H27N3O2. The molecule has 3 aliphatic rings. The Morgan fingerprint density at radius 3 is 2.40 bits per heavy atom. The number of carbonyl (C=O) groups is 2. The number of likely N-dealkylation sites (tertiary alicyclic amines) is 2. The molecule has 0 spiro atoms. The van der Waals surface area contributed by atoms with Gasteiger partial charge in [-0.05, 0) is 81.3 Å². The molecule has 1 N–H and O–H groups in total. The number of nitrogens with one attached hydrogen (secondary N) is 1. The number of amides is 2. The van der Waals surface area contributed by atoms with E-state index in [4.69, 9.17) is 0 Å². The second-order valence-corrected chi connectivity index (χ2v) is 7.56. The molecule has 4 rings (SSSR count). The summed E-state index contributed by atoms with van der Waals surface area (Å²) in [5, 5.41) is 2.79. The SMILES string of the molecule is O=C(Nc1ccc2c(c1)CCC2)C(=O)N1CCC(N2CCCC2)CC1. The Labute approximate surface area is 149 Å². The van der Waals surface area contributed by atoms with E-state index in [0.29, 0.717) is 19.1 Å². The number of anilines is 1. The second kappa shape index (κ2) is 7.16. The van der Waals surface area contributed by atoms with Crippen LogP contribution in [0.4, 0.5) is 5.69 Å². The molecule has 2 amide bonds. The number of rotatable bonds is 2. The lowest BCUT2D eigenvalue weighted by atomic mass is 10.0. The first-order valence-corrected chi connectivity index (χ1v) is 9.67. The molecule has 25 heavy (non-hydrogen) atoms. The maximum absolute atomic E-state index is 12.5. The highest BCUT2D eigenvalue weighted by Gasteiger charge is 2.30. The van der Waals surface area contributed by atoms with Crippen LogP contribution < -0.4 is 5.32 Å². The van der Waals surface area contributed by atoms with Gasteiger partial charge < -0.3 is 15.1 Å². The standard InChI is InChI=1S/C20H27N3O2/c24-19(21-17-7-6-15-4-3-5-16(15)14-17)20(25)23-12-8-18(9-13-23)22-10-1-2-11-22/h6-7,14,18H,1-5,8-13H2,(H,21,24). The first-order valence-electron chi connectivity index (χ1n) is 9.67. The lowest BCUT2D eigenvalue weighted by molar-refractivity contribution is -0.144. The van der Waals surface area contributed by atoms with Crippen molar-refractivity contribution in [2.45, 2.75) is 51.0 Å². The normalized spacial score (nSPS) is 21.4. The molecule has 2 aliphatic heterocycles. The fraction of sp³-hybridized carbons (Fsp3) is 0.600. The molecule has 0 radical (unpaired) electrons. The number of nitrogens with zero attached hydrogens (tertiary/aromatic N) is 2. The smallest absolute Gasteiger partial charge is 0.313 e. The van der Waals surface area contributed by atoms with Gasteiger partial charge in [0.1, 0.15) is 0 Å². The Hall–Kier alpha value is -1.88. The highest BCUT2D eigenvalue weighted by molar-refractivity contribution is 6.39. The van der Waals surface area contributed by atoms with Gasteiger partial charge in [-0.15, -0.1) is 0 Å². The summed E-state index contributed by atoms with van der Waals surface area (Å²) < 4.78 is 0. The van der Waals surface area contributed by atoms with Crippen molar-refractivity contribution >= 4 is 17.5 Å². The van der Waals surface area contributed by atoms with E-state index in [0.717, 1.165) is 31.4 Å². The summed E-state index contributed by atoms with van der Waals surface area (Å²) in [7, 11) is 0. The quantitative estimate of drug-likeness (QED) is 0.839. The van der Waals surface area contributed by atoms with Gasteiger partial charge in [0.05, 0.1) is 0 Å². The molecule has 0 unspecified atom stereocenters. The van der Waals surface area contributed by atoms with Crippen molar-refractivity contribution in [2.24, 2.45) is 0 Å². The van der Waals surface area contributed by atoms with Crippen molar-refractivity contribution in [2.75, 3.05) is 31.5 Å². The molecule has 0 atom stereocenters. The number of piperidine rings is 1. The van der Waals surface area contributed by atoms with Crippen LogP contribution >= 0.6 is 0 Å². The molecule has 2 saturated heterocycles. The fourth-order valence-electron chi connectivity index (χ4n) is 4.52. The topological polar surface area (TPSA) is 52.7 Å². The Kier molecular flexibility index (Phi) is 4.75. The molecule has 2 heterocycles. The molecule has 1 aromatic carbocycles. The van der Waals surface area contributed by atoms with Crippen molar-refractivity contribution in [1.29, 1.82) is 0 Å². The predicted molar refractivity (Wildman–Crippen MR) is 97.5 cm³/mol. The van der Waals surface area contributed by atoms with E-state index in [1.165, 1.54) is 43.5 Å². The largest absolute Gasteiger partial charge is 0.334 e. The van der Waals surface area contributed by atoms with E-state index in [2.05, 4.69) is 16.3 Å². The van der Waals surface area contributed by atoms with Gasteiger partial charge in [-0.1, -0.05) is 6.07 Å². The van der Waals surface area contributed by atoms with E-state index >= 15 is 0 Å². The summed E-state index contributed by atoms with van der Waals surface area (Å²) >= 11 is 0. The molecular weight excluding hydrogens is 314 g/mol. The molecule has 5 nitrogen and oxygen atoms in total. The zero-order chi connectivity index (χ0) is 17.2. The average Bonchev–Trinajstić information content (AvgIpc) is 3.32. The van der Waals surface area contributed by atoms with Crippen LogP contribution in [-0.4, -0.2) is 53.8 Å². The van der Waals surface area contributed by atoms with Gasteiger partial charge in [0.2, 0.25) is 0 Å². The third-order valence-corrected chi connectivity index (χ3v) is 5.96. The number of aryl methyl sites for hydroxylation is 2. The van der Waals surface area contributed by atoms with Crippen LogP contribution in [-0.2, 0) is 22.4 Å². The van der Waals surface area contributed by atoms with Crippen LogP contribution in [0, 0.1) is 0 Å². The molecule has 0 bridgehead atoms. The highest BCUT2D eigenvalue weighted by Crippen LogP contribution is 2.25. The van der Waals surface area contributed by atoms with Crippen molar-refractivity contribution in [3.05, 3.63) is 29.3 Å². The van der Waals surface area contributed by atoms with E-state index < -0.39 is 5.91 Å². The first kappa shape index (κ1) is 16.6. The Balaban J connectivity index is 1.31. The second-order valence-electron chi connectivity index (χ2n) is 7.56. The maximum atomic E-state index is 12.5. The fourth-order valence-corrected chi connectivity index (χ4v) is 4.52. The van der Waals surface area contributed by atoms with Gasteiger partial charge >= 0.3 is 11.8 Å². The zero-order valence-corrected chi connectivity index (χ0v) is 14.8. The van der Waals surface area contributed by atoms with Crippen molar-refractivity contribution in [3.8, 4) is 0 Å². The van der Waals surface area contributed by atoms with Crippen molar-refractivity contribution in [1.82, 2.24) is 9.80 Å². The van der Waals surface area contributed by atoms with Crippen LogP contribution in [0.3, 0.4) is 0 Å². The number of benzene rings is 1. The van der Waals surface area contributed by atoms with Crippen LogP contribution in [0.15, 0.2) is 18.2 Å². The van der Waals surface area contributed by atoms with Gasteiger partial charge in [-0.2, -0.15) is 0 Å². The van der Waals surface area contributed by atoms with E-state index in [9.17, 15) is 9.59 Å². The summed E-state index contributed by atoms with van der Waals surface area (Å²) in [5.74, 6) is -0.891. The highest BCUT2D eigenvalue weighted by atomic mass is 16.2. The van der Waals surface area contributed by atoms with Crippen molar-refractivity contribution in [3.63, 3.8) is 0 Å². The molecule has 5 heteroatoms. The van der Waals surface area contributed by atoms with Crippen LogP contribution in [0.1, 0.15) is 43.2 Å². The Morgan fingerprint density at radius 2 is 1.64 bits per heavy atom. The van der Waals surface area contributed by atoms with Crippen LogP contribution in [0.25, 0.3) is 0 Å². The van der Waals surface area contributed by atoms with E-state index in [1.807, 2.05) is 12.1 Å². The minimum absolute atomic E-state index is 0.389. The first-order chi connectivity index (χ1) is 12.2. The molecule has 134 valence electrons. The lowest BCUT2D eigenvalue weighted by Gasteiger charge is -2.36.